The Morgan fingerprint density at radius 2 is 2.19 bits per heavy atom. The Kier molecular flexibility index (Phi) is 3.47. The predicted molar refractivity (Wildman–Crippen MR) is 59.7 cm³/mol. The van der Waals surface area contributed by atoms with E-state index in [1.165, 1.54) is 12.8 Å². The highest BCUT2D eigenvalue weighted by Crippen LogP contribution is 2.38. The number of nitrogens with zero attached hydrogens (tertiary/aromatic N) is 2. The molecule has 90 valence electrons. The fourth-order valence-corrected chi connectivity index (χ4v) is 1.89. The van der Waals surface area contributed by atoms with E-state index < -0.39 is 0 Å². The monoisotopic (exact) mass is 245 g/mol. The molecule has 1 N–H and O–H groups in total. The minimum Gasteiger partial charge on any atom is -0.375 e. The lowest BCUT2D eigenvalue weighted by Gasteiger charge is -2.27. The third kappa shape index (κ3) is 2.21. The lowest BCUT2D eigenvalue weighted by molar-refractivity contribution is -0.00136. The summed E-state index contributed by atoms with van der Waals surface area (Å²) in [6, 6.07) is 0.0544. The fraction of sp³-hybridized carbons (Fsp3) is 0.800. The van der Waals surface area contributed by atoms with Crippen molar-refractivity contribution in [1.29, 1.82) is 0 Å². The van der Waals surface area contributed by atoms with Gasteiger partial charge in [0.15, 0.2) is 5.82 Å². The third-order valence-electron chi connectivity index (χ3n) is 2.98. The molecule has 1 aromatic rings. The van der Waals surface area contributed by atoms with Gasteiger partial charge in [-0.1, -0.05) is 5.16 Å². The number of hydrogen-bond acceptors (Lipinski definition) is 5. The molecule has 2 heterocycles. The van der Waals surface area contributed by atoms with E-state index in [9.17, 15) is 0 Å². The van der Waals surface area contributed by atoms with Crippen LogP contribution in [0.1, 0.15) is 43.4 Å². The summed E-state index contributed by atoms with van der Waals surface area (Å²) in [4.78, 5) is 4.43. The molecule has 1 saturated heterocycles. The molecule has 1 saturated carbocycles. The molecule has 0 spiro atoms. The summed E-state index contributed by atoms with van der Waals surface area (Å²) in [5, 5.41) is 7.34. The minimum atomic E-state index is 0. The highest BCUT2D eigenvalue weighted by Gasteiger charge is 2.32. The number of nitrogens with one attached hydrogen (secondary N) is 1. The fourth-order valence-electron chi connectivity index (χ4n) is 1.89. The van der Waals surface area contributed by atoms with Gasteiger partial charge in [-0.05, 0) is 19.8 Å². The highest BCUT2D eigenvalue weighted by molar-refractivity contribution is 5.85. The Balaban J connectivity index is 0.000000963. The van der Waals surface area contributed by atoms with Crippen LogP contribution in [0.3, 0.4) is 0 Å². The Morgan fingerprint density at radius 1 is 1.38 bits per heavy atom. The molecular formula is C10H16ClN3O2. The van der Waals surface area contributed by atoms with Gasteiger partial charge < -0.3 is 14.6 Å². The number of rotatable bonds is 2. The summed E-state index contributed by atoms with van der Waals surface area (Å²) in [6.07, 6.45) is 2.50. The van der Waals surface area contributed by atoms with Crippen molar-refractivity contribution in [2.24, 2.45) is 0 Å². The molecule has 0 radical (unpaired) electrons. The number of ether oxygens (including phenoxy) is 1. The van der Waals surface area contributed by atoms with Crippen molar-refractivity contribution in [3.8, 4) is 0 Å². The van der Waals surface area contributed by atoms with Gasteiger partial charge in [0.05, 0.1) is 12.7 Å². The Hall–Kier alpha value is -0.650. The molecule has 2 aliphatic rings. The van der Waals surface area contributed by atoms with Crippen LogP contribution in [0.15, 0.2) is 4.52 Å². The van der Waals surface area contributed by atoms with E-state index in [0.29, 0.717) is 11.8 Å². The summed E-state index contributed by atoms with van der Waals surface area (Å²) >= 11 is 0. The van der Waals surface area contributed by atoms with Gasteiger partial charge in [-0.2, -0.15) is 4.98 Å². The maximum absolute atomic E-state index is 5.54. The average molecular weight is 246 g/mol. The molecule has 1 aromatic heterocycles. The molecule has 5 nitrogen and oxygen atoms in total. The van der Waals surface area contributed by atoms with Crippen molar-refractivity contribution >= 4 is 12.4 Å². The lowest BCUT2D eigenvalue weighted by Crippen LogP contribution is -2.40. The molecule has 16 heavy (non-hydrogen) atoms. The molecule has 2 fully saturated rings. The van der Waals surface area contributed by atoms with Gasteiger partial charge in [-0.15, -0.1) is 12.4 Å². The van der Waals surface area contributed by atoms with Crippen LogP contribution in [0.4, 0.5) is 0 Å². The molecule has 0 bridgehead atoms. The summed E-state index contributed by atoms with van der Waals surface area (Å²) in [5.74, 6) is 2.08. The summed E-state index contributed by atoms with van der Waals surface area (Å²) in [6.45, 7) is 3.62. The minimum absolute atomic E-state index is 0. The van der Waals surface area contributed by atoms with Crippen LogP contribution < -0.4 is 5.32 Å². The first kappa shape index (κ1) is 11.8. The van der Waals surface area contributed by atoms with Crippen molar-refractivity contribution in [2.75, 3.05) is 13.2 Å². The molecule has 2 atom stereocenters. The summed E-state index contributed by atoms with van der Waals surface area (Å²) < 4.78 is 10.8. The van der Waals surface area contributed by atoms with E-state index in [4.69, 9.17) is 9.26 Å². The first-order valence-corrected chi connectivity index (χ1v) is 5.53. The van der Waals surface area contributed by atoms with Gasteiger partial charge in [0.1, 0.15) is 6.04 Å². The molecule has 0 aromatic carbocycles. The third-order valence-corrected chi connectivity index (χ3v) is 2.98. The standard InChI is InChI=1S/C10H15N3O2.ClH/c1-6-8(11-4-5-14-6)10-12-9(13-15-10)7-2-3-7;/h6-8,11H,2-5H2,1H3;1H/t6-,8+;/m1./s1. The maximum Gasteiger partial charge on any atom is 0.246 e. The second-order valence-corrected chi connectivity index (χ2v) is 4.27. The second kappa shape index (κ2) is 4.69. The Morgan fingerprint density at radius 3 is 2.88 bits per heavy atom. The van der Waals surface area contributed by atoms with Crippen LogP contribution in [0.5, 0.6) is 0 Å². The van der Waals surface area contributed by atoms with Crippen LogP contribution in [0, 0.1) is 0 Å². The number of aromatic nitrogens is 2. The van der Waals surface area contributed by atoms with E-state index in [-0.39, 0.29) is 24.6 Å². The van der Waals surface area contributed by atoms with Crippen LogP contribution in [0.25, 0.3) is 0 Å². The van der Waals surface area contributed by atoms with Crippen LogP contribution in [-0.4, -0.2) is 29.4 Å². The van der Waals surface area contributed by atoms with Crippen LogP contribution >= 0.6 is 12.4 Å². The molecular weight excluding hydrogens is 230 g/mol. The van der Waals surface area contributed by atoms with Crippen molar-refractivity contribution in [3.63, 3.8) is 0 Å². The first-order valence-electron chi connectivity index (χ1n) is 5.53. The SMILES string of the molecule is C[C@H]1OCCN[C@@H]1c1nc(C2CC2)no1.Cl. The first-order chi connectivity index (χ1) is 7.34. The maximum atomic E-state index is 5.54. The van der Waals surface area contributed by atoms with Gasteiger partial charge in [0, 0.05) is 12.5 Å². The van der Waals surface area contributed by atoms with E-state index in [0.717, 1.165) is 19.0 Å². The zero-order valence-electron chi connectivity index (χ0n) is 9.18. The molecule has 3 rings (SSSR count). The topological polar surface area (TPSA) is 60.2 Å². The van der Waals surface area contributed by atoms with Gasteiger partial charge >= 0.3 is 0 Å². The van der Waals surface area contributed by atoms with E-state index in [1.807, 2.05) is 6.92 Å². The molecule has 0 unspecified atom stereocenters. The van der Waals surface area contributed by atoms with Crippen molar-refractivity contribution in [3.05, 3.63) is 11.7 Å². The molecule has 0 amide bonds. The lowest BCUT2D eigenvalue weighted by atomic mass is 10.1. The quantitative estimate of drug-likeness (QED) is 0.854. The van der Waals surface area contributed by atoms with Gasteiger partial charge in [0.25, 0.3) is 0 Å². The van der Waals surface area contributed by atoms with Crippen molar-refractivity contribution < 1.29 is 9.26 Å². The van der Waals surface area contributed by atoms with Crippen LogP contribution in [-0.2, 0) is 4.74 Å². The number of hydrogen-bond donors (Lipinski definition) is 1. The van der Waals surface area contributed by atoms with Gasteiger partial charge in [-0.3, -0.25) is 0 Å². The molecule has 1 aliphatic carbocycles. The van der Waals surface area contributed by atoms with E-state index in [2.05, 4.69) is 15.5 Å². The normalized spacial score (nSPS) is 29.8. The van der Waals surface area contributed by atoms with Crippen LogP contribution in [0.2, 0.25) is 0 Å². The zero-order valence-corrected chi connectivity index (χ0v) is 10.00. The summed E-state index contributed by atoms with van der Waals surface area (Å²) in [5.41, 5.74) is 0. The zero-order chi connectivity index (χ0) is 10.3. The van der Waals surface area contributed by atoms with Gasteiger partial charge in [-0.25, -0.2) is 0 Å². The highest BCUT2D eigenvalue weighted by atomic mass is 35.5. The number of morpholine rings is 1. The van der Waals surface area contributed by atoms with Crippen molar-refractivity contribution in [1.82, 2.24) is 15.5 Å². The smallest absolute Gasteiger partial charge is 0.246 e. The molecule has 1 aliphatic heterocycles. The van der Waals surface area contributed by atoms with E-state index in [1.54, 1.807) is 0 Å². The molecule has 6 heteroatoms. The van der Waals surface area contributed by atoms with Crippen molar-refractivity contribution in [2.45, 2.75) is 37.8 Å². The second-order valence-electron chi connectivity index (χ2n) is 4.27. The summed E-state index contributed by atoms with van der Waals surface area (Å²) in [7, 11) is 0. The Labute approximate surface area is 100 Å². The Bertz CT molecular complexity index is 354. The largest absolute Gasteiger partial charge is 0.375 e. The van der Waals surface area contributed by atoms with E-state index >= 15 is 0 Å². The predicted octanol–water partition coefficient (Wildman–Crippen LogP) is 1.42. The number of halogens is 1. The van der Waals surface area contributed by atoms with Gasteiger partial charge in [0.2, 0.25) is 5.89 Å². The average Bonchev–Trinajstić information content (AvgIpc) is 2.99.